The van der Waals surface area contributed by atoms with Gasteiger partial charge in [-0.25, -0.2) is 9.97 Å². The lowest BCUT2D eigenvalue weighted by molar-refractivity contribution is -0.287. The van der Waals surface area contributed by atoms with E-state index in [1.54, 1.807) is 69.4 Å². The first kappa shape index (κ1) is 45.4. The standard InChI is InChI=1S/C24H20BrF2N3O4.C23H16BrF2N3O4/c1-12-28-21(13-5-8-18-19(9-13)34-24(26,27)33-18)22(32-12)16-10-14(25)6-7-15(16)17-11-20(23(2,3)31)29-30(17)4;1-11(30)17-10-18(29(3)28-17)15-6-5-14(24)9-16(15)22-21(27-12(2)31-22)13-4-7-19-20(8-13)33-23(25,26)32-19/h5-11,31H,1-4H3;4-10H,1-3H3. The second kappa shape index (κ2) is 16.5. The third-order valence-corrected chi connectivity index (χ3v) is 11.6. The van der Waals surface area contributed by atoms with E-state index in [0.717, 1.165) is 25.8 Å². The molecule has 0 atom stereocenters. The molecule has 10 rings (SSSR count). The van der Waals surface area contributed by atoms with Gasteiger partial charge in [0.05, 0.1) is 17.1 Å². The number of carbonyl (C=O) groups is 1. The Hall–Kier alpha value is -6.77. The van der Waals surface area contributed by atoms with Gasteiger partial charge in [-0.3, -0.25) is 14.2 Å². The predicted octanol–water partition coefficient (Wildman–Crippen LogP) is 12.0. The number of alkyl halides is 4. The van der Waals surface area contributed by atoms with E-state index in [2.05, 4.69) is 71.0 Å². The van der Waals surface area contributed by atoms with Crippen molar-refractivity contribution in [2.24, 2.45) is 14.1 Å². The van der Waals surface area contributed by atoms with Crippen LogP contribution >= 0.6 is 31.9 Å². The van der Waals surface area contributed by atoms with E-state index < -0.39 is 18.2 Å². The predicted molar refractivity (Wildman–Crippen MR) is 242 cm³/mol. The molecule has 0 fully saturated rings. The van der Waals surface area contributed by atoms with Crippen molar-refractivity contribution in [3.8, 4) is 90.7 Å². The molecule has 0 saturated carbocycles. The molecule has 0 bridgehead atoms. The summed E-state index contributed by atoms with van der Waals surface area (Å²) in [5.41, 5.74) is 6.08. The minimum atomic E-state index is -3.71. The highest BCUT2D eigenvalue weighted by molar-refractivity contribution is 9.10. The minimum Gasteiger partial charge on any atom is -0.440 e. The van der Waals surface area contributed by atoms with Gasteiger partial charge in [-0.05, 0) is 86.6 Å². The van der Waals surface area contributed by atoms with Crippen LogP contribution in [0.25, 0.3) is 67.7 Å². The highest BCUT2D eigenvalue weighted by atomic mass is 79.9. The smallest absolute Gasteiger partial charge is 0.440 e. The molecule has 4 aromatic heterocycles. The van der Waals surface area contributed by atoms with Gasteiger partial charge in [-0.1, -0.05) is 44.0 Å². The molecule has 6 heterocycles. The van der Waals surface area contributed by atoms with Crippen LogP contribution in [-0.4, -0.2) is 53.0 Å². The summed E-state index contributed by atoms with van der Waals surface area (Å²) in [4.78, 5) is 20.9. The summed E-state index contributed by atoms with van der Waals surface area (Å²) in [7, 11) is 3.54. The van der Waals surface area contributed by atoms with Crippen molar-refractivity contribution in [1.82, 2.24) is 29.5 Å². The highest BCUT2D eigenvalue weighted by Gasteiger charge is 2.44. The summed E-state index contributed by atoms with van der Waals surface area (Å²) in [5.74, 6) is 1.26. The zero-order chi connectivity index (χ0) is 47.9. The monoisotopic (exact) mass is 1050 g/mol. The van der Waals surface area contributed by atoms with Crippen molar-refractivity contribution in [1.29, 1.82) is 0 Å². The Morgan fingerprint density at radius 2 is 1.04 bits per heavy atom. The van der Waals surface area contributed by atoms with Crippen molar-refractivity contribution in [2.45, 2.75) is 52.8 Å². The molecule has 2 aliphatic rings. The summed E-state index contributed by atoms with van der Waals surface area (Å²) in [6, 6.07) is 23.8. The molecular formula is C47H36Br2F4N6O8. The van der Waals surface area contributed by atoms with Gasteiger partial charge < -0.3 is 32.9 Å². The van der Waals surface area contributed by atoms with Crippen LogP contribution < -0.4 is 18.9 Å². The van der Waals surface area contributed by atoms with E-state index in [9.17, 15) is 27.5 Å². The quantitative estimate of drug-likeness (QED) is 0.113. The van der Waals surface area contributed by atoms with E-state index in [4.69, 9.17) is 8.83 Å². The lowest BCUT2D eigenvalue weighted by Crippen LogP contribution is -2.25. The molecule has 20 heteroatoms. The Morgan fingerprint density at radius 3 is 1.46 bits per heavy atom. The molecule has 344 valence electrons. The fourth-order valence-electron chi connectivity index (χ4n) is 7.57. The molecule has 0 aliphatic carbocycles. The van der Waals surface area contributed by atoms with Gasteiger partial charge in [-0.2, -0.15) is 10.2 Å². The van der Waals surface area contributed by atoms with Crippen molar-refractivity contribution >= 4 is 37.6 Å². The first-order valence-corrected chi connectivity index (χ1v) is 21.8. The maximum absolute atomic E-state index is 13.5. The summed E-state index contributed by atoms with van der Waals surface area (Å²) in [5, 5.41) is 19.2. The van der Waals surface area contributed by atoms with Gasteiger partial charge in [0, 0.05) is 77.2 Å². The molecular weight excluding hydrogens is 1010 g/mol. The number of aromatic nitrogens is 6. The number of hydrogen-bond acceptors (Lipinski definition) is 12. The third-order valence-electron chi connectivity index (χ3n) is 10.6. The van der Waals surface area contributed by atoms with Crippen LogP contribution in [0.15, 0.2) is 103 Å². The Labute approximate surface area is 395 Å². The molecule has 1 N–H and O–H groups in total. The van der Waals surface area contributed by atoms with Crippen LogP contribution in [0.5, 0.6) is 23.0 Å². The lowest BCUT2D eigenvalue weighted by Gasteiger charge is -2.12. The van der Waals surface area contributed by atoms with Gasteiger partial charge in [-0.15, -0.1) is 17.6 Å². The summed E-state index contributed by atoms with van der Waals surface area (Å²) in [6.07, 6.45) is -7.42. The van der Waals surface area contributed by atoms with E-state index in [1.165, 1.54) is 31.2 Å². The minimum absolute atomic E-state index is 0.0484. The van der Waals surface area contributed by atoms with Gasteiger partial charge in [0.25, 0.3) is 0 Å². The number of Topliss-reactive ketones (excluding diaryl/α,β-unsaturated/α-hetero) is 1. The number of aliphatic hydroxyl groups is 1. The first-order valence-electron chi connectivity index (χ1n) is 20.2. The van der Waals surface area contributed by atoms with E-state index in [-0.39, 0.29) is 28.8 Å². The lowest BCUT2D eigenvalue weighted by atomic mass is 9.97. The number of rotatable bonds is 8. The Morgan fingerprint density at radius 1 is 0.612 bits per heavy atom. The topological polar surface area (TPSA) is 162 Å². The summed E-state index contributed by atoms with van der Waals surface area (Å²) >= 11 is 7.01. The fourth-order valence-corrected chi connectivity index (χ4v) is 8.29. The van der Waals surface area contributed by atoms with Crippen molar-refractivity contribution < 1.29 is 55.2 Å². The zero-order valence-electron chi connectivity index (χ0n) is 36.3. The van der Waals surface area contributed by atoms with Crippen LogP contribution in [-0.2, 0) is 19.7 Å². The van der Waals surface area contributed by atoms with Crippen molar-refractivity contribution in [3.63, 3.8) is 0 Å². The van der Waals surface area contributed by atoms with Crippen molar-refractivity contribution in [3.05, 3.63) is 117 Å². The van der Waals surface area contributed by atoms with Crippen LogP contribution in [0.4, 0.5) is 17.6 Å². The molecule has 2 aliphatic heterocycles. The summed E-state index contributed by atoms with van der Waals surface area (Å²) in [6.45, 7) is 8.20. The number of ketones is 1. The van der Waals surface area contributed by atoms with Gasteiger partial charge in [0.2, 0.25) is 0 Å². The van der Waals surface area contributed by atoms with E-state index in [0.29, 0.717) is 74.0 Å². The molecule has 8 aromatic rings. The number of ether oxygens (including phenoxy) is 4. The summed E-state index contributed by atoms with van der Waals surface area (Å²) < 4.78 is 89.1. The van der Waals surface area contributed by atoms with Crippen LogP contribution in [0.2, 0.25) is 0 Å². The molecule has 0 saturated heterocycles. The Kier molecular flexibility index (Phi) is 11.2. The Bertz CT molecular complexity index is 3280. The SMILES string of the molecule is CC(=O)c1cc(-c2ccc(Br)cc2-c2oc(C)nc2-c2ccc3c(c2)OC(F)(F)O3)n(C)n1.Cc1nc(-c2ccc3c(c2)OC(F)(F)O3)c(-c2cc(Br)ccc2-c2cc(C(C)(C)O)nn2C)o1. The van der Waals surface area contributed by atoms with Gasteiger partial charge >= 0.3 is 12.6 Å². The van der Waals surface area contributed by atoms with Crippen LogP contribution in [0.1, 0.15) is 48.7 Å². The number of benzene rings is 4. The molecule has 0 radical (unpaired) electrons. The second-order valence-electron chi connectivity index (χ2n) is 16.1. The number of halogens is 6. The molecule has 0 unspecified atom stereocenters. The van der Waals surface area contributed by atoms with Gasteiger partial charge in [0.1, 0.15) is 22.7 Å². The number of nitrogens with zero attached hydrogens (tertiary/aromatic N) is 6. The fraction of sp³-hybridized carbons (Fsp3) is 0.213. The highest BCUT2D eigenvalue weighted by Crippen LogP contribution is 2.48. The molecule has 4 aromatic carbocycles. The van der Waals surface area contributed by atoms with Gasteiger partial charge in [0.15, 0.2) is 52.1 Å². The molecule has 0 amide bonds. The number of carbonyl (C=O) groups excluding carboxylic acids is 1. The first-order chi connectivity index (χ1) is 31.5. The number of oxazole rings is 2. The number of aryl methyl sites for hydroxylation is 4. The third kappa shape index (κ3) is 8.95. The molecule has 14 nitrogen and oxygen atoms in total. The maximum atomic E-state index is 13.5. The second-order valence-corrected chi connectivity index (χ2v) is 17.9. The largest absolute Gasteiger partial charge is 0.586 e. The zero-order valence-corrected chi connectivity index (χ0v) is 39.5. The Balaban J connectivity index is 0.000000168. The average Bonchev–Trinajstić information content (AvgIpc) is 4.10. The van der Waals surface area contributed by atoms with Crippen LogP contribution in [0, 0.1) is 13.8 Å². The molecule has 67 heavy (non-hydrogen) atoms. The normalized spacial score (nSPS) is 14.3. The molecule has 0 spiro atoms. The average molecular weight is 1050 g/mol. The number of fused-ring (bicyclic) bond motifs is 2. The van der Waals surface area contributed by atoms with E-state index in [1.807, 2.05) is 42.5 Å². The van der Waals surface area contributed by atoms with Crippen LogP contribution in [0.3, 0.4) is 0 Å². The number of hydrogen-bond donors (Lipinski definition) is 1. The maximum Gasteiger partial charge on any atom is 0.586 e. The van der Waals surface area contributed by atoms with Crippen molar-refractivity contribution in [2.75, 3.05) is 0 Å². The van der Waals surface area contributed by atoms with E-state index >= 15 is 0 Å².